The van der Waals surface area contributed by atoms with E-state index in [1.54, 1.807) is 36.4 Å². The molecule has 7 heteroatoms. The van der Waals surface area contributed by atoms with Gasteiger partial charge in [0.05, 0.1) is 0 Å². The van der Waals surface area contributed by atoms with Gasteiger partial charge in [-0.2, -0.15) is 0 Å². The summed E-state index contributed by atoms with van der Waals surface area (Å²) >= 11 is 5.81. The van der Waals surface area contributed by atoms with Gasteiger partial charge < -0.3 is 16.0 Å². The molecule has 0 saturated carbocycles. The Morgan fingerprint density at radius 1 is 0.840 bits per heavy atom. The molecule has 6 nitrogen and oxygen atoms in total. The van der Waals surface area contributed by atoms with Gasteiger partial charge in [0, 0.05) is 29.9 Å². The van der Waals surface area contributed by atoms with E-state index in [9.17, 15) is 14.4 Å². The quantitative estimate of drug-likeness (QED) is 0.717. The van der Waals surface area contributed by atoms with Gasteiger partial charge in [-0.05, 0) is 48.4 Å². The standard InChI is InChI=1S/C18H18ClN3O3/c1-12(23)21-15-6-8-16(9-7-15)22-18(25)17(24)20-11-10-13-2-4-14(19)5-3-13/h2-9H,10-11H2,1H3,(H,20,24)(H,21,23)(H,22,25). The van der Waals surface area contributed by atoms with E-state index in [2.05, 4.69) is 16.0 Å². The van der Waals surface area contributed by atoms with Crippen molar-refractivity contribution in [1.82, 2.24) is 5.32 Å². The van der Waals surface area contributed by atoms with Crippen LogP contribution in [0.5, 0.6) is 0 Å². The van der Waals surface area contributed by atoms with Crippen molar-refractivity contribution < 1.29 is 14.4 Å². The zero-order valence-corrected chi connectivity index (χ0v) is 14.4. The van der Waals surface area contributed by atoms with E-state index < -0.39 is 11.8 Å². The minimum absolute atomic E-state index is 0.183. The fraction of sp³-hybridized carbons (Fsp3) is 0.167. The number of amides is 3. The number of benzene rings is 2. The van der Waals surface area contributed by atoms with Gasteiger partial charge in [-0.15, -0.1) is 0 Å². The normalized spacial score (nSPS) is 10.0. The van der Waals surface area contributed by atoms with Crippen molar-refractivity contribution in [2.75, 3.05) is 17.2 Å². The molecule has 0 aliphatic heterocycles. The second kappa shape index (κ2) is 8.84. The van der Waals surface area contributed by atoms with Gasteiger partial charge in [-0.1, -0.05) is 23.7 Å². The molecule has 2 rings (SSSR count). The predicted octanol–water partition coefficient (Wildman–Crippen LogP) is 2.60. The molecule has 0 aliphatic carbocycles. The van der Waals surface area contributed by atoms with Crippen molar-refractivity contribution in [3.8, 4) is 0 Å². The third-order valence-corrected chi connectivity index (χ3v) is 3.53. The average molecular weight is 360 g/mol. The minimum atomic E-state index is -0.747. The lowest BCUT2D eigenvalue weighted by Gasteiger charge is -2.08. The van der Waals surface area contributed by atoms with Crippen LogP contribution in [0.1, 0.15) is 12.5 Å². The number of anilines is 2. The Labute approximate surface area is 150 Å². The SMILES string of the molecule is CC(=O)Nc1ccc(NC(=O)C(=O)NCCc2ccc(Cl)cc2)cc1. The van der Waals surface area contributed by atoms with E-state index in [-0.39, 0.29) is 5.91 Å². The van der Waals surface area contributed by atoms with Gasteiger partial charge in [-0.25, -0.2) is 0 Å². The predicted molar refractivity (Wildman–Crippen MR) is 97.5 cm³/mol. The molecule has 0 radical (unpaired) electrons. The molecule has 0 unspecified atom stereocenters. The van der Waals surface area contributed by atoms with E-state index in [4.69, 9.17) is 11.6 Å². The monoisotopic (exact) mass is 359 g/mol. The maximum atomic E-state index is 11.9. The molecule has 0 bridgehead atoms. The first-order chi connectivity index (χ1) is 11.9. The molecule has 0 aromatic heterocycles. The number of hydrogen-bond donors (Lipinski definition) is 3. The first kappa shape index (κ1) is 18.5. The van der Waals surface area contributed by atoms with Gasteiger partial charge in [0.25, 0.3) is 0 Å². The van der Waals surface area contributed by atoms with Crippen LogP contribution in [-0.2, 0) is 20.8 Å². The molecule has 0 aliphatic rings. The zero-order valence-electron chi connectivity index (χ0n) is 13.6. The molecular formula is C18H18ClN3O3. The van der Waals surface area contributed by atoms with Crippen LogP contribution >= 0.6 is 11.6 Å². The van der Waals surface area contributed by atoms with Crippen LogP contribution in [0.4, 0.5) is 11.4 Å². The van der Waals surface area contributed by atoms with E-state index in [1.165, 1.54) is 6.92 Å². The highest BCUT2D eigenvalue weighted by Crippen LogP contribution is 2.13. The molecule has 0 atom stereocenters. The number of hydrogen-bond acceptors (Lipinski definition) is 3. The molecule has 2 aromatic rings. The Balaban J connectivity index is 1.78. The highest BCUT2D eigenvalue weighted by Gasteiger charge is 2.13. The van der Waals surface area contributed by atoms with Crippen LogP contribution in [0.25, 0.3) is 0 Å². The number of nitrogens with one attached hydrogen (secondary N) is 3. The molecule has 25 heavy (non-hydrogen) atoms. The number of carbonyl (C=O) groups excluding carboxylic acids is 3. The highest BCUT2D eigenvalue weighted by atomic mass is 35.5. The van der Waals surface area contributed by atoms with E-state index in [0.717, 1.165) is 5.56 Å². The van der Waals surface area contributed by atoms with Crippen molar-refractivity contribution in [2.45, 2.75) is 13.3 Å². The summed E-state index contributed by atoms with van der Waals surface area (Å²) in [5.41, 5.74) is 2.09. The summed E-state index contributed by atoms with van der Waals surface area (Å²) in [6.45, 7) is 1.75. The molecule has 3 amide bonds. The van der Waals surface area contributed by atoms with Crippen LogP contribution in [-0.4, -0.2) is 24.3 Å². The van der Waals surface area contributed by atoms with E-state index in [0.29, 0.717) is 29.4 Å². The number of halogens is 1. The lowest BCUT2D eigenvalue weighted by atomic mass is 10.1. The van der Waals surface area contributed by atoms with Crippen molar-refractivity contribution in [2.24, 2.45) is 0 Å². The molecule has 0 spiro atoms. The maximum absolute atomic E-state index is 11.9. The smallest absolute Gasteiger partial charge is 0.313 e. The van der Waals surface area contributed by atoms with Crippen molar-refractivity contribution in [3.05, 3.63) is 59.1 Å². The molecular weight excluding hydrogens is 342 g/mol. The Bertz CT molecular complexity index is 758. The van der Waals surface area contributed by atoms with Gasteiger partial charge in [-0.3, -0.25) is 14.4 Å². The maximum Gasteiger partial charge on any atom is 0.313 e. The highest BCUT2D eigenvalue weighted by molar-refractivity contribution is 6.39. The first-order valence-corrected chi connectivity index (χ1v) is 8.03. The fourth-order valence-electron chi connectivity index (χ4n) is 2.08. The summed E-state index contributed by atoms with van der Waals surface area (Å²) < 4.78 is 0. The Kier molecular flexibility index (Phi) is 6.54. The third kappa shape index (κ3) is 6.27. The van der Waals surface area contributed by atoms with Crippen LogP contribution in [0, 0.1) is 0 Å². The summed E-state index contributed by atoms with van der Waals surface area (Å²) in [7, 11) is 0. The first-order valence-electron chi connectivity index (χ1n) is 7.65. The van der Waals surface area contributed by atoms with Gasteiger partial charge in [0.2, 0.25) is 5.91 Å². The van der Waals surface area contributed by atoms with Gasteiger partial charge in [0.1, 0.15) is 0 Å². The van der Waals surface area contributed by atoms with Gasteiger partial charge >= 0.3 is 11.8 Å². The molecule has 0 saturated heterocycles. The lowest BCUT2D eigenvalue weighted by molar-refractivity contribution is -0.136. The molecule has 3 N–H and O–H groups in total. The average Bonchev–Trinajstić information content (AvgIpc) is 2.58. The summed E-state index contributed by atoms with van der Waals surface area (Å²) in [4.78, 5) is 34.6. The van der Waals surface area contributed by atoms with Crippen molar-refractivity contribution in [3.63, 3.8) is 0 Å². The van der Waals surface area contributed by atoms with Crippen LogP contribution in [0.15, 0.2) is 48.5 Å². The minimum Gasteiger partial charge on any atom is -0.347 e. The Morgan fingerprint density at radius 2 is 1.40 bits per heavy atom. The Morgan fingerprint density at radius 3 is 1.96 bits per heavy atom. The summed E-state index contributed by atoms with van der Waals surface area (Å²) in [5, 5.41) is 8.33. The second-order valence-corrected chi connectivity index (χ2v) is 5.78. The number of carbonyl (C=O) groups is 3. The lowest BCUT2D eigenvalue weighted by Crippen LogP contribution is -2.36. The summed E-state index contributed by atoms with van der Waals surface area (Å²) in [6, 6.07) is 13.8. The summed E-state index contributed by atoms with van der Waals surface area (Å²) in [5.74, 6) is -1.64. The number of rotatable bonds is 5. The molecule has 0 heterocycles. The van der Waals surface area contributed by atoms with Gasteiger partial charge in [0.15, 0.2) is 0 Å². The van der Waals surface area contributed by atoms with Crippen molar-refractivity contribution >= 4 is 40.7 Å². The largest absolute Gasteiger partial charge is 0.347 e. The molecule has 0 fully saturated rings. The van der Waals surface area contributed by atoms with Crippen LogP contribution < -0.4 is 16.0 Å². The second-order valence-electron chi connectivity index (χ2n) is 5.35. The molecule has 130 valence electrons. The topological polar surface area (TPSA) is 87.3 Å². The van der Waals surface area contributed by atoms with Crippen LogP contribution in [0.3, 0.4) is 0 Å². The third-order valence-electron chi connectivity index (χ3n) is 3.28. The zero-order chi connectivity index (χ0) is 18.2. The summed E-state index contributed by atoms with van der Waals surface area (Å²) in [6.07, 6.45) is 0.599. The van der Waals surface area contributed by atoms with E-state index in [1.807, 2.05) is 12.1 Å². The Hall–Kier alpha value is -2.86. The fourth-order valence-corrected chi connectivity index (χ4v) is 2.21. The van der Waals surface area contributed by atoms with Crippen LogP contribution in [0.2, 0.25) is 5.02 Å². The molecule has 2 aromatic carbocycles. The van der Waals surface area contributed by atoms with Crippen molar-refractivity contribution in [1.29, 1.82) is 0 Å². The van der Waals surface area contributed by atoms with E-state index >= 15 is 0 Å².